The van der Waals surface area contributed by atoms with Crippen LogP contribution in [0.2, 0.25) is 0 Å². The molecule has 4 nitrogen and oxygen atoms in total. The zero-order valence-electron chi connectivity index (χ0n) is 8.37. The Morgan fingerprint density at radius 2 is 1.80 bits per heavy atom. The monoisotopic (exact) mass is 250 g/mol. The average Bonchev–Trinajstić information content (AvgIpc) is 2.75. The number of piperidine rings is 1. The van der Waals surface area contributed by atoms with Gasteiger partial charge in [-0.1, -0.05) is 0 Å². The Morgan fingerprint density at radius 3 is 2.33 bits per heavy atom. The molecule has 2 fully saturated rings. The van der Waals surface area contributed by atoms with Gasteiger partial charge < -0.3 is 5.32 Å². The molecule has 15 heavy (non-hydrogen) atoms. The number of hydrogen-bond acceptors (Lipinski definition) is 3. The third kappa shape index (κ3) is 2.44. The number of rotatable bonds is 1. The molecular weight excluding hydrogens is 235 g/mol. The van der Waals surface area contributed by atoms with Crippen molar-refractivity contribution in [1.82, 2.24) is 20.1 Å². The Labute approximate surface area is 102 Å². The minimum absolute atomic E-state index is 0. The minimum Gasteiger partial charge on any atom is -0.311 e. The van der Waals surface area contributed by atoms with Crippen molar-refractivity contribution in [2.75, 3.05) is 0 Å². The maximum Gasteiger partial charge on any atom is 0.137 e. The molecule has 3 rings (SSSR count). The zero-order valence-corrected chi connectivity index (χ0v) is 10.0. The molecule has 1 N–H and O–H groups in total. The van der Waals surface area contributed by atoms with E-state index in [0.717, 1.165) is 12.1 Å². The first-order valence-corrected chi connectivity index (χ1v) is 5.02. The van der Waals surface area contributed by atoms with E-state index >= 15 is 0 Å². The highest BCUT2D eigenvalue weighted by Crippen LogP contribution is 2.32. The molecule has 2 aliphatic heterocycles. The van der Waals surface area contributed by atoms with Gasteiger partial charge in [-0.25, -0.2) is 9.67 Å². The highest BCUT2D eigenvalue weighted by atomic mass is 35.5. The van der Waals surface area contributed by atoms with E-state index in [9.17, 15) is 0 Å². The van der Waals surface area contributed by atoms with Gasteiger partial charge in [0.25, 0.3) is 0 Å². The highest BCUT2D eigenvalue weighted by Gasteiger charge is 2.34. The summed E-state index contributed by atoms with van der Waals surface area (Å²) in [7, 11) is 0. The number of hydrogen-bond donors (Lipinski definition) is 1. The van der Waals surface area contributed by atoms with Crippen LogP contribution in [0.4, 0.5) is 0 Å². The van der Waals surface area contributed by atoms with Crippen molar-refractivity contribution in [1.29, 1.82) is 0 Å². The van der Waals surface area contributed by atoms with Crippen LogP contribution in [0.25, 0.3) is 0 Å². The van der Waals surface area contributed by atoms with Crippen molar-refractivity contribution in [2.24, 2.45) is 0 Å². The number of aromatic nitrogens is 3. The van der Waals surface area contributed by atoms with Crippen LogP contribution in [-0.4, -0.2) is 26.8 Å². The molecule has 2 unspecified atom stereocenters. The lowest BCUT2D eigenvalue weighted by Gasteiger charge is -2.28. The van der Waals surface area contributed by atoms with Crippen LogP contribution in [-0.2, 0) is 0 Å². The maximum atomic E-state index is 4.21. The smallest absolute Gasteiger partial charge is 0.137 e. The van der Waals surface area contributed by atoms with Crippen LogP contribution < -0.4 is 5.32 Å². The van der Waals surface area contributed by atoms with Gasteiger partial charge in [0.2, 0.25) is 0 Å². The molecule has 0 spiro atoms. The second kappa shape index (κ2) is 5.14. The molecule has 2 saturated heterocycles. The van der Waals surface area contributed by atoms with Crippen LogP contribution in [0.3, 0.4) is 0 Å². The molecule has 0 radical (unpaired) electrons. The first kappa shape index (κ1) is 12.7. The summed E-state index contributed by atoms with van der Waals surface area (Å²) in [4.78, 5) is 4.00. The molecule has 0 saturated carbocycles. The van der Waals surface area contributed by atoms with E-state index < -0.39 is 0 Å². The van der Waals surface area contributed by atoms with E-state index in [2.05, 4.69) is 15.4 Å². The fourth-order valence-electron chi connectivity index (χ4n) is 2.65. The second-order valence-electron chi connectivity index (χ2n) is 4.14. The van der Waals surface area contributed by atoms with Gasteiger partial charge in [-0.3, -0.25) is 0 Å². The van der Waals surface area contributed by atoms with E-state index in [1.807, 2.05) is 11.0 Å². The quantitative estimate of drug-likeness (QED) is 0.824. The molecule has 1 aromatic heterocycles. The van der Waals surface area contributed by atoms with Gasteiger partial charge in [0.1, 0.15) is 12.7 Å². The van der Waals surface area contributed by atoms with Crippen molar-refractivity contribution >= 4 is 24.8 Å². The van der Waals surface area contributed by atoms with Gasteiger partial charge in [0.15, 0.2) is 0 Å². The standard InChI is InChI=1S/C9H14N4.2ClH/c1-2-8-4-9(3-7(1)12-8)13-6-10-5-11-13;;/h5-9,12H,1-4H2;2*1H. The lowest BCUT2D eigenvalue weighted by Crippen LogP contribution is -2.38. The molecule has 2 bridgehead atoms. The predicted molar refractivity (Wildman–Crippen MR) is 62.7 cm³/mol. The normalized spacial score (nSPS) is 32.9. The van der Waals surface area contributed by atoms with Crippen LogP contribution in [0.5, 0.6) is 0 Å². The number of fused-ring (bicyclic) bond motifs is 2. The fourth-order valence-corrected chi connectivity index (χ4v) is 2.65. The van der Waals surface area contributed by atoms with Crippen molar-refractivity contribution < 1.29 is 0 Å². The second-order valence-corrected chi connectivity index (χ2v) is 4.14. The van der Waals surface area contributed by atoms with Gasteiger partial charge in [-0.05, 0) is 25.7 Å². The molecule has 3 heterocycles. The third-order valence-electron chi connectivity index (χ3n) is 3.26. The number of nitrogens with zero attached hydrogens (tertiary/aromatic N) is 3. The Morgan fingerprint density at radius 1 is 1.13 bits per heavy atom. The van der Waals surface area contributed by atoms with Crippen molar-refractivity contribution in [3.8, 4) is 0 Å². The summed E-state index contributed by atoms with van der Waals surface area (Å²) in [5.74, 6) is 0. The van der Waals surface area contributed by atoms with E-state index in [1.54, 1.807) is 6.33 Å². The maximum absolute atomic E-state index is 4.21. The predicted octanol–water partition coefficient (Wildman–Crippen LogP) is 1.58. The van der Waals surface area contributed by atoms with Crippen molar-refractivity contribution in [2.45, 2.75) is 43.8 Å². The Kier molecular flexibility index (Phi) is 4.37. The van der Waals surface area contributed by atoms with Crippen LogP contribution >= 0.6 is 24.8 Å². The average molecular weight is 251 g/mol. The first-order chi connectivity index (χ1) is 6.42. The minimum atomic E-state index is 0. The summed E-state index contributed by atoms with van der Waals surface area (Å²) < 4.78 is 2.02. The zero-order chi connectivity index (χ0) is 8.67. The molecule has 0 aromatic carbocycles. The SMILES string of the molecule is Cl.Cl.c1ncn(C2CC3CCC(C2)N3)n1. The molecule has 0 amide bonds. The van der Waals surface area contributed by atoms with Crippen molar-refractivity contribution in [3.05, 3.63) is 12.7 Å². The topological polar surface area (TPSA) is 42.7 Å². The summed E-state index contributed by atoms with van der Waals surface area (Å²) in [6, 6.07) is 2.04. The first-order valence-electron chi connectivity index (χ1n) is 5.02. The van der Waals surface area contributed by atoms with E-state index in [0.29, 0.717) is 6.04 Å². The summed E-state index contributed by atoms with van der Waals surface area (Å²) in [5, 5.41) is 7.84. The summed E-state index contributed by atoms with van der Waals surface area (Å²) in [5.41, 5.74) is 0. The number of halogens is 2. The van der Waals surface area contributed by atoms with Gasteiger partial charge in [0, 0.05) is 12.1 Å². The van der Waals surface area contributed by atoms with Gasteiger partial charge in [-0.2, -0.15) is 5.10 Å². The fraction of sp³-hybridized carbons (Fsp3) is 0.778. The lowest BCUT2D eigenvalue weighted by atomic mass is 10.0. The van der Waals surface area contributed by atoms with E-state index in [-0.39, 0.29) is 24.8 Å². The summed E-state index contributed by atoms with van der Waals surface area (Å²) >= 11 is 0. The van der Waals surface area contributed by atoms with Crippen LogP contribution in [0.15, 0.2) is 12.7 Å². The summed E-state index contributed by atoms with van der Waals surface area (Å²) in [6.07, 6.45) is 8.60. The molecular formula is C9H16Cl2N4. The van der Waals surface area contributed by atoms with Crippen LogP contribution in [0.1, 0.15) is 31.7 Å². The van der Waals surface area contributed by atoms with E-state index in [1.165, 1.54) is 25.7 Å². The summed E-state index contributed by atoms with van der Waals surface area (Å²) in [6.45, 7) is 0. The molecule has 86 valence electrons. The number of nitrogens with one attached hydrogen (secondary N) is 1. The Balaban J connectivity index is 0.000000562. The molecule has 0 aliphatic carbocycles. The molecule has 1 aromatic rings. The van der Waals surface area contributed by atoms with Gasteiger partial charge in [-0.15, -0.1) is 24.8 Å². The molecule has 2 aliphatic rings. The highest BCUT2D eigenvalue weighted by molar-refractivity contribution is 5.85. The van der Waals surface area contributed by atoms with E-state index in [4.69, 9.17) is 0 Å². The Bertz CT molecular complexity index is 278. The van der Waals surface area contributed by atoms with Crippen molar-refractivity contribution in [3.63, 3.8) is 0 Å². The van der Waals surface area contributed by atoms with Gasteiger partial charge >= 0.3 is 0 Å². The lowest BCUT2D eigenvalue weighted by molar-refractivity contribution is 0.281. The van der Waals surface area contributed by atoms with Crippen LogP contribution in [0, 0.1) is 0 Å². The largest absolute Gasteiger partial charge is 0.311 e. The third-order valence-corrected chi connectivity index (χ3v) is 3.26. The van der Waals surface area contributed by atoms with Gasteiger partial charge in [0.05, 0.1) is 6.04 Å². The molecule has 2 atom stereocenters. The molecule has 6 heteroatoms. The Hall–Kier alpha value is -0.320.